The zero-order chi connectivity index (χ0) is 15.0. The summed E-state index contributed by atoms with van der Waals surface area (Å²) < 4.78 is 13.4. The molecule has 0 bridgehead atoms. The lowest BCUT2D eigenvalue weighted by molar-refractivity contribution is 0.629. The van der Waals surface area contributed by atoms with E-state index in [-0.39, 0.29) is 5.82 Å². The van der Waals surface area contributed by atoms with Gasteiger partial charge in [-0.15, -0.1) is 0 Å². The standard InChI is InChI=1S/C16H13ClFN3/c1-9-7-10(17)3-5-12(9)16-20-14-8-11(18)4-6-13(14)15(19-2)21-16/h3-8H,1-2H3,(H,19,20,21). The first-order chi connectivity index (χ1) is 10.1. The Morgan fingerprint density at radius 3 is 2.62 bits per heavy atom. The summed E-state index contributed by atoms with van der Waals surface area (Å²) in [5.41, 5.74) is 2.42. The molecule has 21 heavy (non-hydrogen) atoms. The molecule has 0 fully saturated rings. The van der Waals surface area contributed by atoms with E-state index in [1.807, 2.05) is 19.1 Å². The first-order valence-corrected chi connectivity index (χ1v) is 6.88. The van der Waals surface area contributed by atoms with Crippen LogP contribution in [0.4, 0.5) is 10.2 Å². The molecule has 0 radical (unpaired) electrons. The average molecular weight is 302 g/mol. The molecule has 0 spiro atoms. The molecular weight excluding hydrogens is 289 g/mol. The van der Waals surface area contributed by atoms with Gasteiger partial charge in [0.2, 0.25) is 0 Å². The molecule has 0 atom stereocenters. The van der Waals surface area contributed by atoms with E-state index in [0.717, 1.165) is 16.5 Å². The van der Waals surface area contributed by atoms with Crippen molar-refractivity contribution in [2.45, 2.75) is 6.92 Å². The molecule has 106 valence electrons. The van der Waals surface area contributed by atoms with E-state index in [0.29, 0.717) is 22.2 Å². The van der Waals surface area contributed by atoms with Crippen LogP contribution in [0.5, 0.6) is 0 Å². The van der Waals surface area contributed by atoms with Crippen molar-refractivity contribution in [1.82, 2.24) is 9.97 Å². The summed E-state index contributed by atoms with van der Waals surface area (Å²) in [6, 6.07) is 10.0. The number of nitrogens with one attached hydrogen (secondary N) is 1. The van der Waals surface area contributed by atoms with Gasteiger partial charge in [0.1, 0.15) is 11.6 Å². The van der Waals surface area contributed by atoms with Crippen LogP contribution in [0, 0.1) is 12.7 Å². The minimum atomic E-state index is -0.318. The van der Waals surface area contributed by atoms with Gasteiger partial charge >= 0.3 is 0 Å². The molecule has 0 saturated heterocycles. The van der Waals surface area contributed by atoms with Crippen molar-refractivity contribution in [3.8, 4) is 11.4 Å². The van der Waals surface area contributed by atoms with E-state index in [1.165, 1.54) is 12.1 Å². The summed E-state index contributed by atoms with van der Waals surface area (Å²) in [6.45, 7) is 1.94. The quantitative estimate of drug-likeness (QED) is 0.760. The smallest absolute Gasteiger partial charge is 0.162 e. The van der Waals surface area contributed by atoms with Crippen LogP contribution in [0.2, 0.25) is 5.02 Å². The van der Waals surface area contributed by atoms with Crippen LogP contribution >= 0.6 is 11.6 Å². The van der Waals surface area contributed by atoms with Gasteiger partial charge in [-0.1, -0.05) is 11.6 Å². The highest BCUT2D eigenvalue weighted by molar-refractivity contribution is 6.30. The van der Waals surface area contributed by atoms with Gasteiger partial charge in [0.05, 0.1) is 5.52 Å². The number of anilines is 1. The Kier molecular flexibility index (Phi) is 3.47. The number of rotatable bonds is 2. The minimum Gasteiger partial charge on any atom is -0.373 e. The maximum Gasteiger partial charge on any atom is 0.162 e. The van der Waals surface area contributed by atoms with Crippen LogP contribution in [0.1, 0.15) is 5.56 Å². The van der Waals surface area contributed by atoms with Crippen molar-refractivity contribution in [2.75, 3.05) is 12.4 Å². The number of benzene rings is 2. The van der Waals surface area contributed by atoms with Crippen molar-refractivity contribution in [1.29, 1.82) is 0 Å². The molecule has 0 unspecified atom stereocenters. The Balaban J connectivity index is 2.27. The fourth-order valence-electron chi connectivity index (χ4n) is 2.29. The Hall–Kier alpha value is -2.20. The van der Waals surface area contributed by atoms with Gasteiger partial charge in [-0.2, -0.15) is 0 Å². The topological polar surface area (TPSA) is 37.8 Å². The van der Waals surface area contributed by atoms with Crippen LogP contribution in [0.3, 0.4) is 0 Å². The molecule has 0 aliphatic rings. The molecule has 1 aromatic heterocycles. The maximum atomic E-state index is 13.4. The van der Waals surface area contributed by atoms with E-state index in [4.69, 9.17) is 11.6 Å². The lowest BCUT2D eigenvalue weighted by Gasteiger charge is -2.10. The Morgan fingerprint density at radius 2 is 1.90 bits per heavy atom. The van der Waals surface area contributed by atoms with Gasteiger partial charge in [0.15, 0.2) is 5.82 Å². The lowest BCUT2D eigenvalue weighted by Crippen LogP contribution is -2.00. The molecule has 3 nitrogen and oxygen atoms in total. The average Bonchev–Trinajstić information content (AvgIpc) is 2.45. The van der Waals surface area contributed by atoms with Crippen LogP contribution in [-0.2, 0) is 0 Å². The van der Waals surface area contributed by atoms with E-state index < -0.39 is 0 Å². The Morgan fingerprint density at radius 1 is 1.10 bits per heavy atom. The van der Waals surface area contributed by atoms with Gasteiger partial charge in [0, 0.05) is 29.1 Å². The Bertz CT molecular complexity index is 833. The summed E-state index contributed by atoms with van der Waals surface area (Å²) >= 11 is 5.98. The minimum absolute atomic E-state index is 0.318. The van der Waals surface area contributed by atoms with Crippen LogP contribution in [0.25, 0.3) is 22.3 Å². The monoisotopic (exact) mass is 301 g/mol. The Labute approximate surface area is 126 Å². The van der Waals surface area contributed by atoms with E-state index in [1.54, 1.807) is 19.2 Å². The zero-order valence-corrected chi connectivity index (χ0v) is 12.4. The molecule has 0 saturated carbocycles. The normalized spacial score (nSPS) is 10.9. The van der Waals surface area contributed by atoms with Gasteiger partial charge in [-0.3, -0.25) is 0 Å². The molecule has 0 amide bonds. The molecule has 3 rings (SSSR count). The first kappa shape index (κ1) is 13.8. The van der Waals surface area contributed by atoms with Crippen LogP contribution in [0.15, 0.2) is 36.4 Å². The van der Waals surface area contributed by atoms with Gasteiger partial charge < -0.3 is 5.32 Å². The van der Waals surface area contributed by atoms with Gasteiger partial charge in [0.25, 0.3) is 0 Å². The molecule has 0 aliphatic carbocycles. The summed E-state index contributed by atoms with van der Waals surface area (Å²) in [7, 11) is 1.78. The van der Waals surface area contributed by atoms with Crippen molar-refractivity contribution < 1.29 is 4.39 Å². The molecule has 2 aromatic carbocycles. The molecule has 0 aliphatic heterocycles. The summed E-state index contributed by atoms with van der Waals surface area (Å²) in [4.78, 5) is 8.99. The summed E-state index contributed by atoms with van der Waals surface area (Å²) in [6.07, 6.45) is 0. The third-order valence-electron chi connectivity index (χ3n) is 3.33. The summed E-state index contributed by atoms with van der Waals surface area (Å²) in [5, 5.41) is 4.48. The highest BCUT2D eigenvalue weighted by Gasteiger charge is 2.11. The van der Waals surface area contributed by atoms with E-state index in [2.05, 4.69) is 15.3 Å². The highest BCUT2D eigenvalue weighted by Crippen LogP contribution is 2.28. The third kappa shape index (κ3) is 2.54. The highest BCUT2D eigenvalue weighted by atomic mass is 35.5. The SMILES string of the molecule is CNc1nc(-c2ccc(Cl)cc2C)nc2cc(F)ccc12. The van der Waals surface area contributed by atoms with E-state index in [9.17, 15) is 4.39 Å². The van der Waals surface area contributed by atoms with Gasteiger partial charge in [-0.25, -0.2) is 14.4 Å². The van der Waals surface area contributed by atoms with Crippen molar-refractivity contribution in [2.24, 2.45) is 0 Å². The molecular formula is C16H13ClFN3. The zero-order valence-electron chi connectivity index (χ0n) is 11.6. The fourth-order valence-corrected chi connectivity index (χ4v) is 2.52. The van der Waals surface area contributed by atoms with Crippen LogP contribution < -0.4 is 5.32 Å². The second-order valence-electron chi connectivity index (χ2n) is 4.77. The molecule has 5 heteroatoms. The maximum absolute atomic E-state index is 13.4. The molecule has 1 heterocycles. The fraction of sp³-hybridized carbons (Fsp3) is 0.125. The van der Waals surface area contributed by atoms with Crippen molar-refractivity contribution in [3.05, 3.63) is 52.8 Å². The number of aryl methyl sites for hydroxylation is 1. The molecule has 1 N–H and O–H groups in total. The lowest BCUT2D eigenvalue weighted by atomic mass is 10.1. The summed E-state index contributed by atoms with van der Waals surface area (Å²) in [5.74, 6) is 0.901. The number of aromatic nitrogens is 2. The van der Waals surface area contributed by atoms with Crippen molar-refractivity contribution in [3.63, 3.8) is 0 Å². The predicted octanol–water partition coefficient (Wildman–Crippen LogP) is 4.44. The number of fused-ring (bicyclic) bond motifs is 1. The predicted molar refractivity (Wildman–Crippen MR) is 84.2 cm³/mol. The second kappa shape index (κ2) is 5.30. The number of nitrogens with zero attached hydrogens (tertiary/aromatic N) is 2. The number of halogens is 2. The van der Waals surface area contributed by atoms with Crippen LogP contribution in [-0.4, -0.2) is 17.0 Å². The van der Waals surface area contributed by atoms with Crippen molar-refractivity contribution >= 4 is 28.3 Å². The second-order valence-corrected chi connectivity index (χ2v) is 5.20. The van der Waals surface area contributed by atoms with E-state index >= 15 is 0 Å². The number of hydrogen-bond donors (Lipinski definition) is 1. The number of hydrogen-bond acceptors (Lipinski definition) is 3. The largest absolute Gasteiger partial charge is 0.373 e. The molecule has 3 aromatic rings. The first-order valence-electron chi connectivity index (χ1n) is 6.50. The third-order valence-corrected chi connectivity index (χ3v) is 3.56. The van der Waals surface area contributed by atoms with Gasteiger partial charge in [-0.05, 0) is 42.8 Å².